The van der Waals surface area contributed by atoms with E-state index in [4.69, 9.17) is 9.72 Å². The van der Waals surface area contributed by atoms with Crippen LogP contribution in [0.5, 0.6) is 0 Å². The third-order valence-electron chi connectivity index (χ3n) is 7.02. The van der Waals surface area contributed by atoms with E-state index in [9.17, 15) is 23.1 Å². The number of ether oxygens (including phenoxy) is 1. The molecule has 0 spiro atoms. The van der Waals surface area contributed by atoms with Gasteiger partial charge in [0.25, 0.3) is 5.91 Å². The van der Waals surface area contributed by atoms with Crippen molar-refractivity contribution in [3.05, 3.63) is 71.2 Å². The van der Waals surface area contributed by atoms with Crippen LogP contribution in [0, 0.1) is 12.8 Å². The molecule has 37 heavy (non-hydrogen) atoms. The fourth-order valence-corrected chi connectivity index (χ4v) is 5.58. The number of carbonyl (C=O) groups excluding carboxylic acids is 1. The van der Waals surface area contributed by atoms with Crippen molar-refractivity contribution in [2.24, 2.45) is 5.92 Å². The number of aryl methyl sites for hydroxylation is 1. The van der Waals surface area contributed by atoms with Crippen molar-refractivity contribution in [3.63, 3.8) is 0 Å². The van der Waals surface area contributed by atoms with Gasteiger partial charge >= 0.3 is 6.18 Å². The fourth-order valence-electron chi connectivity index (χ4n) is 4.91. The first-order valence-electron chi connectivity index (χ1n) is 12.0. The van der Waals surface area contributed by atoms with Gasteiger partial charge in [-0.25, -0.2) is 4.98 Å². The van der Waals surface area contributed by atoms with Gasteiger partial charge < -0.3 is 15.2 Å². The van der Waals surface area contributed by atoms with E-state index < -0.39 is 17.8 Å². The summed E-state index contributed by atoms with van der Waals surface area (Å²) in [6, 6.07) is 11.5. The number of aromatic nitrogens is 2. The number of pyridine rings is 2. The van der Waals surface area contributed by atoms with Gasteiger partial charge in [0.05, 0.1) is 18.2 Å². The van der Waals surface area contributed by atoms with E-state index in [0.29, 0.717) is 24.0 Å². The number of halogens is 3. The number of aliphatic hydroxyl groups is 1. The number of hydrogen-bond acceptors (Lipinski definition) is 6. The molecule has 2 N–H and O–H groups in total. The van der Waals surface area contributed by atoms with Gasteiger partial charge in [0.1, 0.15) is 5.69 Å². The van der Waals surface area contributed by atoms with Gasteiger partial charge in [-0.3, -0.25) is 9.78 Å². The first-order valence-corrected chi connectivity index (χ1v) is 13.0. The third-order valence-corrected chi connectivity index (χ3v) is 7.91. The molecule has 194 valence electrons. The summed E-state index contributed by atoms with van der Waals surface area (Å²) in [5.74, 6) is 0.323. The summed E-state index contributed by atoms with van der Waals surface area (Å²) >= 11 is 1.49. The Balaban J connectivity index is 1.46. The van der Waals surface area contributed by atoms with Gasteiger partial charge in [-0.05, 0) is 78.8 Å². The van der Waals surface area contributed by atoms with Crippen LogP contribution < -0.4 is 5.32 Å². The Hall–Kier alpha value is -2.95. The normalized spacial score (nSPS) is 20.8. The second-order valence-electron chi connectivity index (χ2n) is 9.44. The maximum atomic E-state index is 13.0. The molecule has 2 unspecified atom stereocenters. The van der Waals surface area contributed by atoms with E-state index in [1.807, 2.05) is 25.1 Å². The lowest BCUT2D eigenvalue weighted by Crippen LogP contribution is -2.23. The van der Waals surface area contributed by atoms with Gasteiger partial charge in [-0.1, -0.05) is 6.07 Å². The van der Waals surface area contributed by atoms with Gasteiger partial charge in [0.15, 0.2) is 0 Å². The molecule has 2 aromatic heterocycles. The number of nitrogens with zero attached hydrogens (tertiary/aromatic N) is 2. The SMILES string of the molecule is Cc1ccc(NC(=O)c2ccnc(C(F)(F)F)c2)cc1-c1cc(SCCO)nc(C23CCOCC2C3)c1. The minimum absolute atomic E-state index is 0.0139. The number of aliphatic hydroxyl groups excluding tert-OH is 1. The zero-order valence-corrected chi connectivity index (χ0v) is 21.0. The third kappa shape index (κ3) is 5.37. The standard InChI is InChI=1S/C27H26F3N3O3S/c1-16-2-3-20(32-25(35)17-4-6-31-23(10-17)27(28,29)30)13-21(16)18-11-22(33-24(12-18)37-9-7-34)26-5-8-36-15-19(26)14-26/h2-4,6,10-13,19,34H,5,7-9,14-15H2,1H3,(H,32,35). The minimum Gasteiger partial charge on any atom is -0.396 e. The zero-order chi connectivity index (χ0) is 26.2. The van der Waals surface area contributed by atoms with Crippen molar-refractivity contribution >= 4 is 23.4 Å². The van der Waals surface area contributed by atoms with Crippen LogP contribution in [0.25, 0.3) is 11.1 Å². The Bertz CT molecular complexity index is 1330. The molecule has 0 bridgehead atoms. The number of anilines is 1. The summed E-state index contributed by atoms with van der Waals surface area (Å²) in [6.45, 7) is 3.44. The molecular weight excluding hydrogens is 503 g/mol. The number of carbonyl (C=O) groups is 1. The van der Waals surface area contributed by atoms with Gasteiger partial charge in [0, 0.05) is 40.9 Å². The van der Waals surface area contributed by atoms with Crippen LogP contribution >= 0.6 is 11.8 Å². The van der Waals surface area contributed by atoms with E-state index in [2.05, 4.69) is 16.4 Å². The van der Waals surface area contributed by atoms with Crippen LogP contribution in [0.15, 0.2) is 53.7 Å². The number of alkyl halides is 3. The number of rotatable bonds is 7. The van der Waals surface area contributed by atoms with E-state index in [0.717, 1.165) is 59.1 Å². The van der Waals surface area contributed by atoms with Crippen molar-refractivity contribution in [1.29, 1.82) is 0 Å². The minimum atomic E-state index is -4.64. The molecule has 2 aliphatic rings. The molecule has 0 radical (unpaired) electrons. The molecule has 6 nitrogen and oxygen atoms in total. The number of nitrogens with one attached hydrogen (secondary N) is 1. The molecule has 2 atom stereocenters. The summed E-state index contributed by atoms with van der Waals surface area (Å²) in [5.41, 5.74) is 3.06. The first kappa shape index (κ1) is 25.7. The quantitative estimate of drug-likeness (QED) is 0.394. The number of hydrogen-bond donors (Lipinski definition) is 2. The molecule has 3 heterocycles. The second-order valence-corrected chi connectivity index (χ2v) is 10.6. The first-order chi connectivity index (χ1) is 17.7. The topological polar surface area (TPSA) is 84.3 Å². The molecule has 2 fully saturated rings. The van der Waals surface area contributed by atoms with Crippen LogP contribution in [0.3, 0.4) is 0 Å². The number of benzene rings is 1. The highest BCUT2D eigenvalue weighted by molar-refractivity contribution is 7.99. The molecule has 1 aliphatic heterocycles. The molecule has 3 aromatic rings. The summed E-state index contributed by atoms with van der Waals surface area (Å²) in [4.78, 5) is 21.0. The van der Waals surface area contributed by atoms with Crippen LogP contribution in [0.1, 0.15) is 40.2 Å². The van der Waals surface area contributed by atoms with Crippen molar-refractivity contribution in [2.45, 2.75) is 36.4 Å². The lowest BCUT2D eigenvalue weighted by molar-refractivity contribution is -0.141. The van der Waals surface area contributed by atoms with Gasteiger partial charge in [-0.15, -0.1) is 11.8 Å². The largest absolute Gasteiger partial charge is 0.433 e. The maximum absolute atomic E-state index is 13.0. The second kappa shape index (κ2) is 10.1. The highest BCUT2D eigenvalue weighted by Crippen LogP contribution is 2.58. The summed E-state index contributed by atoms with van der Waals surface area (Å²) in [5, 5.41) is 12.9. The van der Waals surface area contributed by atoms with E-state index in [1.54, 1.807) is 6.07 Å². The highest BCUT2D eigenvalue weighted by atomic mass is 32.2. The Morgan fingerprint density at radius 3 is 2.84 bits per heavy atom. The fraction of sp³-hybridized carbons (Fsp3) is 0.370. The molecule has 10 heteroatoms. The molecular formula is C27H26F3N3O3S. The molecule has 1 saturated heterocycles. The Labute approximate surface area is 216 Å². The number of thioether (sulfide) groups is 1. The van der Waals surface area contributed by atoms with Crippen molar-refractivity contribution < 1.29 is 27.8 Å². The Morgan fingerprint density at radius 2 is 2.08 bits per heavy atom. The number of fused-ring (bicyclic) bond motifs is 1. The van der Waals surface area contributed by atoms with Crippen molar-refractivity contribution in [1.82, 2.24) is 9.97 Å². The predicted molar refractivity (Wildman–Crippen MR) is 135 cm³/mol. The molecule has 5 rings (SSSR count). The van der Waals surface area contributed by atoms with E-state index in [1.165, 1.54) is 17.8 Å². The molecule has 1 aromatic carbocycles. The van der Waals surface area contributed by atoms with E-state index in [-0.39, 0.29) is 17.6 Å². The van der Waals surface area contributed by atoms with Crippen LogP contribution in [-0.4, -0.2) is 46.6 Å². The Kier molecular flexibility index (Phi) is 6.99. The average Bonchev–Trinajstić information content (AvgIpc) is 3.64. The summed E-state index contributed by atoms with van der Waals surface area (Å²) in [6.07, 6.45) is -1.71. The summed E-state index contributed by atoms with van der Waals surface area (Å²) < 4.78 is 44.7. The monoisotopic (exact) mass is 529 g/mol. The van der Waals surface area contributed by atoms with Gasteiger partial charge in [-0.2, -0.15) is 13.2 Å². The van der Waals surface area contributed by atoms with Crippen molar-refractivity contribution in [3.8, 4) is 11.1 Å². The molecule has 1 amide bonds. The lowest BCUT2D eigenvalue weighted by Gasteiger charge is -2.23. The molecule has 1 aliphatic carbocycles. The highest BCUT2D eigenvalue weighted by Gasteiger charge is 2.57. The van der Waals surface area contributed by atoms with Crippen LogP contribution in [-0.2, 0) is 16.3 Å². The lowest BCUT2D eigenvalue weighted by atomic mass is 9.91. The van der Waals surface area contributed by atoms with E-state index >= 15 is 0 Å². The smallest absolute Gasteiger partial charge is 0.396 e. The van der Waals surface area contributed by atoms with Crippen LogP contribution in [0.4, 0.5) is 18.9 Å². The van der Waals surface area contributed by atoms with Crippen LogP contribution in [0.2, 0.25) is 0 Å². The zero-order valence-electron chi connectivity index (χ0n) is 20.1. The van der Waals surface area contributed by atoms with Crippen molar-refractivity contribution in [2.75, 3.05) is 30.9 Å². The predicted octanol–water partition coefficient (Wildman–Crippen LogP) is 5.49. The molecule has 1 saturated carbocycles. The number of amides is 1. The average molecular weight is 530 g/mol. The summed E-state index contributed by atoms with van der Waals surface area (Å²) in [7, 11) is 0. The Morgan fingerprint density at radius 1 is 1.24 bits per heavy atom. The van der Waals surface area contributed by atoms with Gasteiger partial charge in [0.2, 0.25) is 0 Å². The maximum Gasteiger partial charge on any atom is 0.433 e.